The highest BCUT2D eigenvalue weighted by atomic mass is 32.1. The average Bonchev–Trinajstić information content (AvgIpc) is 3.35. The number of hydrogen-bond donors (Lipinski definition) is 1. The Balaban J connectivity index is 1.63. The van der Waals surface area contributed by atoms with Crippen LogP contribution in [0.5, 0.6) is 11.6 Å². The molecule has 3 aromatic carbocycles. The first-order chi connectivity index (χ1) is 15.2. The zero-order valence-corrected chi connectivity index (χ0v) is 17.5. The average molecular weight is 427 g/mol. The van der Waals surface area contributed by atoms with E-state index in [-0.39, 0.29) is 5.88 Å². The Hall–Kier alpha value is -3.97. The van der Waals surface area contributed by atoms with Crippen molar-refractivity contribution in [2.24, 2.45) is 10.2 Å². The second kappa shape index (κ2) is 8.04. The van der Waals surface area contributed by atoms with Gasteiger partial charge in [0, 0.05) is 11.1 Å². The Morgan fingerprint density at radius 2 is 1.48 bits per heavy atom. The van der Waals surface area contributed by atoms with E-state index in [9.17, 15) is 5.11 Å². The summed E-state index contributed by atoms with van der Waals surface area (Å²) in [5, 5.41) is 19.9. The van der Waals surface area contributed by atoms with E-state index in [2.05, 4.69) is 10.2 Å². The molecular weight excluding hydrogens is 408 g/mol. The first-order valence-electron chi connectivity index (χ1n) is 9.65. The monoisotopic (exact) mass is 426 g/mol. The smallest absolute Gasteiger partial charge is 0.237 e. The van der Waals surface area contributed by atoms with Crippen LogP contribution in [0.2, 0.25) is 0 Å². The fourth-order valence-corrected chi connectivity index (χ4v) is 4.21. The predicted molar refractivity (Wildman–Crippen MR) is 123 cm³/mol. The molecule has 0 bridgehead atoms. The number of azo groups is 1. The van der Waals surface area contributed by atoms with Crippen molar-refractivity contribution in [2.45, 2.75) is 0 Å². The molecule has 0 aliphatic heterocycles. The summed E-state index contributed by atoms with van der Waals surface area (Å²) in [6.45, 7) is 0. The van der Waals surface area contributed by atoms with Crippen molar-refractivity contribution in [3.05, 3.63) is 84.9 Å². The molecule has 2 aromatic heterocycles. The Morgan fingerprint density at radius 1 is 0.839 bits per heavy atom. The van der Waals surface area contributed by atoms with Gasteiger partial charge in [-0.25, -0.2) is 4.98 Å². The number of fused-ring (bicyclic) bond motifs is 1. The van der Waals surface area contributed by atoms with Crippen LogP contribution in [-0.2, 0) is 0 Å². The highest BCUT2D eigenvalue weighted by Gasteiger charge is 2.22. The number of rotatable bonds is 5. The number of hydrogen-bond acceptors (Lipinski definition) is 6. The second-order valence-corrected chi connectivity index (χ2v) is 7.74. The minimum absolute atomic E-state index is 0.0193. The molecule has 6 nitrogen and oxygen atoms in total. The van der Waals surface area contributed by atoms with E-state index in [0.717, 1.165) is 28.3 Å². The number of ether oxygens (including phenoxy) is 1. The molecule has 0 saturated carbocycles. The molecule has 5 rings (SSSR count). The van der Waals surface area contributed by atoms with Gasteiger partial charge < -0.3 is 9.84 Å². The summed E-state index contributed by atoms with van der Waals surface area (Å²) in [5.41, 5.74) is 4.24. The minimum atomic E-state index is 0.0193. The van der Waals surface area contributed by atoms with Crippen LogP contribution in [0.4, 0.5) is 10.7 Å². The van der Waals surface area contributed by atoms with E-state index < -0.39 is 0 Å². The maximum atomic E-state index is 11.0. The van der Waals surface area contributed by atoms with Crippen LogP contribution < -0.4 is 4.74 Å². The van der Waals surface area contributed by atoms with Crippen molar-refractivity contribution in [3.8, 4) is 34.1 Å². The van der Waals surface area contributed by atoms with Crippen molar-refractivity contribution in [2.75, 3.05) is 7.11 Å². The minimum Gasteiger partial charge on any atom is -0.497 e. The predicted octanol–water partition coefficient (Wildman–Crippen LogP) is 6.86. The number of aromatic nitrogens is 2. The largest absolute Gasteiger partial charge is 0.497 e. The quantitative estimate of drug-likeness (QED) is 0.312. The van der Waals surface area contributed by atoms with Gasteiger partial charge in [0.25, 0.3) is 0 Å². The lowest BCUT2D eigenvalue weighted by Crippen LogP contribution is -1.88. The molecule has 0 aliphatic carbocycles. The first-order valence-corrected chi connectivity index (χ1v) is 10.5. The fraction of sp³-hybridized carbons (Fsp3) is 0.0417. The summed E-state index contributed by atoms with van der Waals surface area (Å²) < 4.78 is 6.90. The lowest BCUT2D eigenvalue weighted by Gasteiger charge is -2.05. The summed E-state index contributed by atoms with van der Waals surface area (Å²) in [6, 6.07) is 27.1. The highest BCUT2D eigenvalue weighted by Crippen LogP contribution is 2.44. The first kappa shape index (κ1) is 19.0. The Bertz CT molecular complexity index is 1360. The van der Waals surface area contributed by atoms with Crippen LogP contribution in [-0.4, -0.2) is 21.6 Å². The van der Waals surface area contributed by atoms with E-state index in [1.54, 1.807) is 23.6 Å². The molecule has 0 spiro atoms. The summed E-state index contributed by atoms with van der Waals surface area (Å²) in [4.78, 5) is 5.47. The maximum absolute atomic E-state index is 11.0. The topological polar surface area (TPSA) is 71.5 Å². The molecule has 0 radical (unpaired) electrons. The van der Waals surface area contributed by atoms with E-state index in [4.69, 9.17) is 9.72 Å². The standard InChI is InChI=1S/C24H18N4O2S/c1-30-19-14-12-18(13-15-19)26-27-22-23(29)28-21(17-10-6-3-7-11-17)20(25-24(28)31-22)16-8-4-2-5-9-16/h2-15,29H,1H3. The number of benzene rings is 3. The van der Waals surface area contributed by atoms with Crippen molar-refractivity contribution >= 4 is 27.0 Å². The van der Waals surface area contributed by atoms with Crippen molar-refractivity contribution in [1.29, 1.82) is 0 Å². The molecule has 0 atom stereocenters. The zero-order chi connectivity index (χ0) is 21.2. The summed E-state index contributed by atoms with van der Waals surface area (Å²) in [7, 11) is 1.62. The molecule has 5 aromatic rings. The molecule has 152 valence electrons. The van der Waals surface area contributed by atoms with Gasteiger partial charge in [0.1, 0.15) is 5.75 Å². The molecule has 0 saturated heterocycles. The van der Waals surface area contributed by atoms with Crippen LogP contribution >= 0.6 is 11.3 Å². The third-order valence-corrected chi connectivity index (χ3v) is 5.77. The molecule has 2 heterocycles. The molecule has 0 unspecified atom stereocenters. The van der Waals surface area contributed by atoms with E-state index in [1.165, 1.54) is 11.3 Å². The molecule has 0 aliphatic rings. The summed E-state index contributed by atoms with van der Waals surface area (Å²) >= 11 is 1.29. The normalized spacial score (nSPS) is 11.4. The van der Waals surface area contributed by atoms with Gasteiger partial charge in [-0.05, 0) is 24.3 Å². The Labute approximate surface area is 182 Å². The number of aromatic hydroxyl groups is 1. The lowest BCUT2D eigenvalue weighted by molar-refractivity contribution is 0.415. The Kier molecular flexibility index (Phi) is 4.93. The highest BCUT2D eigenvalue weighted by molar-refractivity contribution is 7.21. The lowest BCUT2D eigenvalue weighted by atomic mass is 10.1. The van der Waals surface area contributed by atoms with Gasteiger partial charge in [-0.15, -0.1) is 10.2 Å². The van der Waals surface area contributed by atoms with E-state index in [1.807, 2.05) is 72.8 Å². The van der Waals surface area contributed by atoms with Gasteiger partial charge in [-0.3, -0.25) is 4.40 Å². The third-order valence-electron chi connectivity index (χ3n) is 4.86. The molecule has 0 fully saturated rings. The summed E-state index contributed by atoms with van der Waals surface area (Å²) in [6.07, 6.45) is 0. The van der Waals surface area contributed by atoms with E-state index in [0.29, 0.717) is 15.6 Å². The van der Waals surface area contributed by atoms with Crippen molar-refractivity contribution in [3.63, 3.8) is 0 Å². The van der Waals surface area contributed by atoms with Crippen molar-refractivity contribution < 1.29 is 9.84 Å². The van der Waals surface area contributed by atoms with E-state index >= 15 is 0 Å². The zero-order valence-electron chi connectivity index (χ0n) is 16.6. The Morgan fingerprint density at radius 3 is 2.13 bits per heavy atom. The van der Waals surface area contributed by atoms with Crippen LogP contribution in [0, 0.1) is 0 Å². The number of thiazole rings is 1. The number of nitrogens with zero attached hydrogens (tertiary/aromatic N) is 4. The van der Waals surface area contributed by atoms with Gasteiger partial charge in [0.15, 0.2) is 4.96 Å². The van der Waals surface area contributed by atoms with Gasteiger partial charge >= 0.3 is 0 Å². The van der Waals surface area contributed by atoms with Gasteiger partial charge in [0.2, 0.25) is 10.9 Å². The molecule has 1 N–H and O–H groups in total. The number of imidazole rings is 1. The SMILES string of the molecule is COc1ccc(N=Nc2sc3nc(-c4ccccc4)c(-c4ccccc4)n3c2O)cc1. The molecular formula is C24H18N4O2S. The molecule has 0 amide bonds. The fourth-order valence-electron chi connectivity index (χ4n) is 3.37. The molecule has 31 heavy (non-hydrogen) atoms. The maximum Gasteiger partial charge on any atom is 0.237 e. The van der Waals surface area contributed by atoms with Crippen LogP contribution in [0.15, 0.2) is 95.2 Å². The van der Waals surface area contributed by atoms with Crippen molar-refractivity contribution in [1.82, 2.24) is 9.38 Å². The summed E-state index contributed by atoms with van der Waals surface area (Å²) in [5.74, 6) is 0.767. The molecule has 7 heteroatoms. The van der Waals surface area contributed by atoms with Crippen LogP contribution in [0.25, 0.3) is 27.5 Å². The van der Waals surface area contributed by atoms with Gasteiger partial charge in [-0.2, -0.15) is 0 Å². The van der Waals surface area contributed by atoms with Crippen LogP contribution in [0.1, 0.15) is 0 Å². The van der Waals surface area contributed by atoms with Crippen LogP contribution in [0.3, 0.4) is 0 Å². The van der Waals surface area contributed by atoms with Gasteiger partial charge in [0.05, 0.1) is 24.2 Å². The number of methoxy groups -OCH3 is 1. The second-order valence-electron chi connectivity index (χ2n) is 6.79. The third kappa shape index (κ3) is 3.55. The van der Waals surface area contributed by atoms with Gasteiger partial charge in [-0.1, -0.05) is 72.0 Å².